The summed E-state index contributed by atoms with van der Waals surface area (Å²) in [5.41, 5.74) is 0.855. The predicted molar refractivity (Wildman–Crippen MR) is 68.2 cm³/mol. The predicted octanol–water partition coefficient (Wildman–Crippen LogP) is 1.85. The van der Waals surface area contributed by atoms with Gasteiger partial charge in [-0.05, 0) is 31.2 Å². The molecule has 1 atom stereocenters. The van der Waals surface area contributed by atoms with Crippen LogP contribution in [0.15, 0.2) is 24.3 Å². The van der Waals surface area contributed by atoms with Crippen LogP contribution >= 0.6 is 0 Å². The summed E-state index contributed by atoms with van der Waals surface area (Å²) in [7, 11) is 0. The lowest BCUT2D eigenvalue weighted by atomic mass is 9.96. The van der Waals surface area contributed by atoms with Crippen LogP contribution in [0.25, 0.3) is 0 Å². The highest BCUT2D eigenvalue weighted by Gasteiger charge is 2.40. The highest BCUT2D eigenvalue weighted by Crippen LogP contribution is 2.39. The van der Waals surface area contributed by atoms with Gasteiger partial charge in [-0.1, -0.05) is 12.1 Å². The van der Waals surface area contributed by atoms with Gasteiger partial charge >= 0.3 is 0 Å². The topological polar surface area (TPSA) is 75.4 Å². The number of rotatable bonds is 6. The first-order valence-corrected chi connectivity index (χ1v) is 6.14. The maximum absolute atomic E-state index is 10.5. The molecule has 0 aromatic heterocycles. The van der Waals surface area contributed by atoms with E-state index in [4.69, 9.17) is 0 Å². The van der Waals surface area contributed by atoms with E-state index >= 15 is 0 Å². The molecule has 0 saturated heterocycles. The molecule has 0 heterocycles. The van der Waals surface area contributed by atoms with E-state index in [1.165, 1.54) is 12.1 Å². The Bertz CT molecular complexity index is 428. The molecule has 1 saturated carbocycles. The quantitative estimate of drug-likeness (QED) is 0.596. The number of non-ortho nitro benzene ring substituents is 1. The number of nitro groups is 1. The first-order chi connectivity index (χ1) is 8.55. The fourth-order valence-corrected chi connectivity index (χ4v) is 2.09. The molecule has 1 aliphatic carbocycles. The minimum atomic E-state index is -0.404. The first-order valence-electron chi connectivity index (χ1n) is 6.14. The van der Waals surface area contributed by atoms with E-state index in [2.05, 4.69) is 5.32 Å². The van der Waals surface area contributed by atoms with Crippen molar-refractivity contribution in [3.63, 3.8) is 0 Å². The summed E-state index contributed by atoms with van der Waals surface area (Å²) >= 11 is 0. The standard InChI is InChI=1S/C13H18N2O3/c1-13(9-16,11-4-5-11)14-8-10-2-6-12(7-3-10)15(17)18/h2-3,6-7,11,14,16H,4-5,8-9H2,1H3. The van der Waals surface area contributed by atoms with Gasteiger partial charge in [0, 0.05) is 24.2 Å². The number of benzene rings is 1. The highest BCUT2D eigenvalue weighted by atomic mass is 16.6. The van der Waals surface area contributed by atoms with Crippen LogP contribution in [-0.2, 0) is 6.54 Å². The Balaban J connectivity index is 1.95. The number of nitro benzene ring substituents is 1. The van der Waals surface area contributed by atoms with E-state index in [9.17, 15) is 15.2 Å². The van der Waals surface area contributed by atoms with Gasteiger partial charge in [-0.3, -0.25) is 10.1 Å². The molecule has 2 N–H and O–H groups in total. The van der Waals surface area contributed by atoms with Gasteiger partial charge in [0.1, 0.15) is 0 Å². The number of aliphatic hydroxyl groups excluding tert-OH is 1. The van der Waals surface area contributed by atoms with Gasteiger partial charge in [-0.2, -0.15) is 0 Å². The van der Waals surface area contributed by atoms with Crippen LogP contribution in [0.4, 0.5) is 5.69 Å². The lowest BCUT2D eigenvalue weighted by Gasteiger charge is -2.29. The van der Waals surface area contributed by atoms with Gasteiger partial charge in [0.2, 0.25) is 0 Å². The number of hydrogen-bond acceptors (Lipinski definition) is 4. The average Bonchev–Trinajstić information content (AvgIpc) is 3.21. The minimum absolute atomic E-state index is 0.103. The second-order valence-electron chi connectivity index (χ2n) is 5.13. The third-order valence-electron chi connectivity index (χ3n) is 3.65. The third-order valence-corrected chi connectivity index (χ3v) is 3.65. The highest BCUT2D eigenvalue weighted by molar-refractivity contribution is 5.32. The van der Waals surface area contributed by atoms with Crippen molar-refractivity contribution in [3.05, 3.63) is 39.9 Å². The molecule has 1 unspecified atom stereocenters. The molecule has 1 aromatic rings. The van der Waals surface area contributed by atoms with Gasteiger partial charge in [-0.25, -0.2) is 0 Å². The van der Waals surface area contributed by atoms with Crippen LogP contribution in [0.1, 0.15) is 25.3 Å². The summed E-state index contributed by atoms with van der Waals surface area (Å²) in [5.74, 6) is 0.542. The van der Waals surface area contributed by atoms with E-state index in [0.717, 1.165) is 18.4 Å². The molecule has 1 aliphatic rings. The fraction of sp³-hybridized carbons (Fsp3) is 0.538. The number of nitrogens with one attached hydrogen (secondary N) is 1. The zero-order valence-corrected chi connectivity index (χ0v) is 10.4. The minimum Gasteiger partial charge on any atom is -0.394 e. The van der Waals surface area contributed by atoms with Gasteiger partial charge in [0.25, 0.3) is 5.69 Å². The van der Waals surface area contributed by atoms with Crippen molar-refractivity contribution in [1.82, 2.24) is 5.32 Å². The van der Waals surface area contributed by atoms with Gasteiger partial charge in [0.05, 0.1) is 11.5 Å². The molecule has 0 spiro atoms. The molecule has 0 amide bonds. The molecule has 1 fully saturated rings. The lowest BCUT2D eigenvalue weighted by Crippen LogP contribution is -2.47. The summed E-state index contributed by atoms with van der Waals surface area (Å²) in [4.78, 5) is 10.1. The maximum atomic E-state index is 10.5. The number of hydrogen-bond donors (Lipinski definition) is 2. The molecule has 0 bridgehead atoms. The maximum Gasteiger partial charge on any atom is 0.269 e. The Labute approximate surface area is 106 Å². The molecular weight excluding hydrogens is 232 g/mol. The molecule has 0 aliphatic heterocycles. The SMILES string of the molecule is CC(CO)(NCc1ccc([N+](=O)[O-])cc1)C1CC1. The summed E-state index contributed by atoms with van der Waals surface area (Å²) in [6.07, 6.45) is 2.31. The van der Waals surface area contributed by atoms with Crippen molar-refractivity contribution in [3.8, 4) is 0 Å². The summed E-state index contributed by atoms with van der Waals surface area (Å²) in [6.45, 7) is 2.76. The van der Waals surface area contributed by atoms with E-state index in [0.29, 0.717) is 12.5 Å². The Morgan fingerprint density at radius 1 is 1.44 bits per heavy atom. The van der Waals surface area contributed by atoms with Crippen molar-refractivity contribution >= 4 is 5.69 Å². The monoisotopic (exact) mass is 250 g/mol. The lowest BCUT2D eigenvalue weighted by molar-refractivity contribution is -0.384. The van der Waals surface area contributed by atoms with Crippen LogP contribution in [0.2, 0.25) is 0 Å². The molecule has 5 nitrogen and oxygen atoms in total. The van der Waals surface area contributed by atoms with Crippen molar-refractivity contribution in [2.45, 2.75) is 31.8 Å². The largest absolute Gasteiger partial charge is 0.394 e. The van der Waals surface area contributed by atoms with Crippen LogP contribution in [-0.4, -0.2) is 22.2 Å². The summed E-state index contributed by atoms with van der Waals surface area (Å²) in [6, 6.07) is 6.50. The first kappa shape index (κ1) is 13.0. The van der Waals surface area contributed by atoms with E-state index in [1.807, 2.05) is 6.92 Å². The van der Waals surface area contributed by atoms with Crippen molar-refractivity contribution in [2.75, 3.05) is 6.61 Å². The van der Waals surface area contributed by atoms with Crippen molar-refractivity contribution in [2.24, 2.45) is 5.92 Å². The zero-order valence-electron chi connectivity index (χ0n) is 10.4. The van der Waals surface area contributed by atoms with Crippen LogP contribution in [0.3, 0.4) is 0 Å². The Hall–Kier alpha value is -1.46. The van der Waals surface area contributed by atoms with Gasteiger partial charge in [-0.15, -0.1) is 0 Å². The van der Waals surface area contributed by atoms with E-state index in [1.54, 1.807) is 12.1 Å². The average molecular weight is 250 g/mol. The summed E-state index contributed by atoms with van der Waals surface area (Å²) < 4.78 is 0. The Kier molecular flexibility index (Phi) is 3.63. The fourth-order valence-electron chi connectivity index (χ4n) is 2.09. The number of aliphatic hydroxyl groups is 1. The third kappa shape index (κ3) is 2.86. The molecule has 0 radical (unpaired) electrons. The van der Waals surface area contributed by atoms with Crippen LogP contribution < -0.4 is 5.32 Å². The van der Waals surface area contributed by atoms with Gasteiger partial charge in [0.15, 0.2) is 0 Å². The molecule has 98 valence electrons. The summed E-state index contributed by atoms with van der Waals surface area (Å²) in [5, 5.41) is 23.3. The molecule has 1 aromatic carbocycles. The molecule has 5 heteroatoms. The zero-order chi connectivity index (χ0) is 13.2. The van der Waals surface area contributed by atoms with Gasteiger partial charge < -0.3 is 10.4 Å². The number of nitrogens with zero attached hydrogens (tertiary/aromatic N) is 1. The normalized spacial score (nSPS) is 18.3. The van der Waals surface area contributed by atoms with E-state index < -0.39 is 4.92 Å². The molecule has 2 rings (SSSR count). The second-order valence-corrected chi connectivity index (χ2v) is 5.13. The van der Waals surface area contributed by atoms with Crippen LogP contribution in [0.5, 0.6) is 0 Å². The second kappa shape index (κ2) is 5.04. The van der Waals surface area contributed by atoms with Crippen molar-refractivity contribution < 1.29 is 10.0 Å². The molecular formula is C13H18N2O3. The van der Waals surface area contributed by atoms with E-state index in [-0.39, 0.29) is 17.8 Å². The Morgan fingerprint density at radius 3 is 2.50 bits per heavy atom. The van der Waals surface area contributed by atoms with Crippen molar-refractivity contribution in [1.29, 1.82) is 0 Å². The smallest absolute Gasteiger partial charge is 0.269 e. The Morgan fingerprint density at radius 2 is 2.06 bits per heavy atom. The molecule has 18 heavy (non-hydrogen) atoms. The van der Waals surface area contributed by atoms with Crippen LogP contribution in [0, 0.1) is 16.0 Å².